The summed E-state index contributed by atoms with van der Waals surface area (Å²) in [7, 11) is 3.65. The molecule has 1 heterocycles. The normalized spacial score (nSPS) is 10.7. The second-order valence-corrected chi connectivity index (χ2v) is 4.75. The molecule has 2 rings (SSSR count). The molecule has 0 saturated heterocycles. The first-order chi connectivity index (χ1) is 9.19. The van der Waals surface area contributed by atoms with Gasteiger partial charge in [0, 0.05) is 31.7 Å². The van der Waals surface area contributed by atoms with Gasteiger partial charge in [-0.15, -0.1) is 0 Å². The van der Waals surface area contributed by atoms with Crippen molar-refractivity contribution in [3.8, 4) is 5.75 Å². The molecule has 0 aliphatic rings. The summed E-state index contributed by atoms with van der Waals surface area (Å²) in [6.07, 6.45) is 5.15. The lowest BCUT2D eigenvalue weighted by Gasteiger charge is -2.16. The van der Waals surface area contributed by atoms with Gasteiger partial charge >= 0.3 is 0 Å². The summed E-state index contributed by atoms with van der Waals surface area (Å²) in [6, 6.07) is 5.82. The first-order valence-corrected chi connectivity index (χ1v) is 6.32. The molecule has 4 nitrogen and oxygen atoms in total. The average molecular weight is 278 g/mol. The van der Waals surface area contributed by atoms with Crippen LogP contribution in [0.15, 0.2) is 36.8 Å². The minimum absolute atomic E-state index is 0.632. The fourth-order valence-corrected chi connectivity index (χ4v) is 2.14. The van der Waals surface area contributed by atoms with Crippen LogP contribution in [0, 0.1) is 0 Å². The lowest BCUT2D eigenvalue weighted by atomic mass is 10.2. The Hall–Kier alpha value is -1.65. The molecule has 0 atom stereocenters. The lowest BCUT2D eigenvalue weighted by molar-refractivity contribution is 0.314. The van der Waals surface area contributed by atoms with Crippen LogP contribution in [0.2, 0.25) is 5.02 Å². The smallest absolute Gasteiger partial charge is 0.137 e. The molecule has 5 heteroatoms. The monoisotopic (exact) mass is 277 g/mol. The molecule has 19 heavy (non-hydrogen) atoms. The number of halogens is 1. The van der Waals surface area contributed by atoms with Crippen LogP contribution in [0.3, 0.4) is 0 Å². The van der Waals surface area contributed by atoms with Crippen LogP contribution in [-0.4, -0.2) is 29.0 Å². The Labute approximate surface area is 118 Å². The number of nitrogens with zero attached hydrogens (tertiary/aromatic N) is 3. The molecule has 2 aromatic rings. The van der Waals surface area contributed by atoms with Crippen LogP contribution in [0.25, 0.3) is 0 Å². The van der Waals surface area contributed by atoms with E-state index in [4.69, 9.17) is 16.3 Å². The number of hydrogen-bond acceptors (Lipinski definition) is 4. The van der Waals surface area contributed by atoms with Crippen LogP contribution < -0.4 is 4.74 Å². The quantitative estimate of drug-likeness (QED) is 0.842. The fourth-order valence-electron chi connectivity index (χ4n) is 1.86. The number of hydrogen-bond donors (Lipinski definition) is 0. The predicted molar refractivity (Wildman–Crippen MR) is 75.2 cm³/mol. The Morgan fingerprint density at radius 3 is 2.74 bits per heavy atom. The minimum atomic E-state index is 0.632. The van der Waals surface area contributed by atoms with Crippen molar-refractivity contribution in [1.82, 2.24) is 14.9 Å². The van der Waals surface area contributed by atoms with Crippen LogP contribution in [0.4, 0.5) is 0 Å². The number of methoxy groups -OCH3 is 1. The van der Waals surface area contributed by atoms with Crippen LogP contribution in [-0.2, 0) is 13.1 Å². The SMILES string of the molecule is COc1ccc(CN(C)Cc2cnccn2)cc1Cl. The first kappa shape index (κ1) is 13.8. The summed E-state index contributed by atoms with van der Waals surface area (Å²) in [4.78, 5) is 10.5. The minimum Gasteiger partial charge on any atom is -0.495 e. The van der Waals surface area contributed by atoms with Gasteiger partial charge in [0.2, 0.25) is 0 Å². The molecule has 1 aromatic heterocycles. The maximum atomic E-state index is 6.11. The van der Waals surface area contributed by atoms with E-state index in [0.717, 1.165) is 24.3 Å². The molecular formula is C14H16ClN3O. The number of rotatable bonds is 5. The summed E-state index contributed by atoms with van der Waals surface area (Å²) in [5.41, 5.74) is 2.08. The fraction of sp³-hybridized carbons (Fsp3) is 0.286. The van der Waals surface area contributed by atoms with Gasteiger partial charge in [-0.1, -0.05) is 17.7 Å². The molecular weight excluding hydrogens is 262 g/mol. The first-order valence-electron chi connectivity index (χ1n) is 5.95. The highest BCUT2D eigenvalue weighted by Gasteiger charge is 2.06. The van der Waals surface area contributed by atoms with E-state index in [-0.39, 0.29) is 0 Å². The molecule has 0 saturated carbocycles. The Bertz CT molecular complexity index is 533. The van der Waals surface area contributed by atoms with Crippen molar-refractivity contribution in [2.45, 2.75) is 13.1 Å². The molecule has 0 fully saturated rings. The molecule has 0 amide bonds. The summed E-state index contributed by atoms with van der Waals surface area (Å²) < 4.78 is 5.14. The summed E-state index contributed by atoms with van der Waals surface area (Å²) >= 11 is 6.11. The van der Waals surface area contributed by atoms with E-state index in [1.807, 2.05) is 25.2 Å². The highest BCUT2D eigenvalue weighted by atomic mass is 35.5. The van der Waals surface area contributed by atoms with Crippen LogP contribution >= 0.6 is 11.6 Å². The highest BCUT2D eigenvalue weighted by Crippen LogP contribution is 2.25. The van der Waals surface area contributed by atoms with Crippen molar-refractivity contribution in [2.75, 3.05) is 14.2 Å². The van der Waals surface area contributed by atoms with Gasteiger partial charge in [0.15, 0.2) is 0 Å². The van der Waals surface area contributed by atoms with Crippen molar-refractivity contribution in [2.24, 2.45) is 0 Å². The van der Waals surface area contributed by atoms with Gasteiger partial charge in [-0.05, 0) is 24.7 Å². The number of ether oxygens (including phenoxy) is 1. The van der Waals surface area contributed by atoms with E-state index < -0.39 is 0 Å². The van der Waals surface area contributed by atoms with Gasteiger partial charge in [0.05, 0.1) is 17.8 Å². The molecule has 0 radical (unpaired) electrons. The Kier molecular flexibility index (Phi) is 4.71. The Morgan fingerprint density at radius 1 is 1.26 bits per heavy atom. The van der Waals surface area contributed by atoms with Crippen molar-refractivity contribution in [1.29, 1.82) is 0 Å². The molecule has 0 unspecified atom stereocenters. The third kappa shape index (κ3) is 3.91. The van der Waals surface area contributed by atoms with E-state index in [2.05, 4.69) is 14.9 Å². The maximum absolute atomic E-state index is 6.11. The van der Waals surface area contributed by atoms with E-state index in [0.29, 0.717) is 10.8 Å². The summed E-state index contributed by atoms with van der Waals surface area (Å²) in [6.45, 7) is 1.54. The molecule has 0 N–H and O–H groups in total. The van der Waals surface area contributed by atoms with E-state index in [1.165, 1.54) is 0 Å². The molecule has 1 aromatic carbocycles. The van der Waals surface area contributed by atoms with Crippen LogP contribution in [0.5, 0.6) is 5.75 Å². The summed E-state index contributed by atoms with van der Waals surface area (Å²) in [5.74, 6) is 0.696. The van der Waals surface area contributed by atoms with Crippen molar-refractivity contribution in [3.05, 3.63) is 53.1 Å². The van der Waals surface area contributed by atoms with E-state index >= 15 is 0 Å². The van der Waals surface area contributed by atoms with E-state index in [1.54, 1.807) is 25.7 Å². The topological polar surface area (TPSA) is 38.2 Å². The predicted octanol–water partition coefficient (Wildman–Crippen LogP) is 2.77. The van der Waals surface area contributed by atoms with Gasteiger partial charge in [0.1, 0.15) is 5.75 Å². The Balaban J connectivity index is 1.99. The van der Waals surface area contributed by atoms with Crippen molar-refractivity contribution >= 4 is 11.6 Å². The average Bonchev–Trinajstić information content (AvgIpc) is 2.40. The maximum Gasteiger partial charge on any atom is 0.137 e. The van der Waals surface area contributed by atoms with Crippen molar-refractivity contribution in [3.63, 3.8) is 0 Å². The molecule has 0 aliphatic heterocycles. The molecule has 0 aliphatic carbocycles. The third-order valence-electron chi connectivity index (χ3n) is 2.72. The second-order valence-electron chi connectivity index (χ2n) is 4.34. The summed E-state index contributed by atoms with van der Waals surface area (Å²) in [5, 5.41) is 0.632. The number of aromatic nitrogens is 2. The molecule has 0 bridgehead atoms. The van der Waals surface area contributed by atoms with Gasteiger partial charge in [-0.3, -0.25) is 14.9 Å². The number of benzene rings is 1. The van der Waals surface area contributed by atoms with Gasteiger partial charge < -0.3 is 4.74 Å². The lowest BCUT2D eigenvalue weighted by Crippen LogP contribution is -2.18. The van der Waals surface area contributed by atoms with Gasteiger partial charge in [-0.2, -0.15) is 0 Å². The zero-order valence-corrected chi connectivity index (χ0v) is 11.8. The molecule has 100 valence electrons. The standard InChI is InChI=1S/C14H16ClN3O/c1-18(10-12-8-16-5-6-17-12)9-11-3-4-14(19-2)13(15)7-11/h3-8H,9-10H2,1-2H3. The van der Waals surface area contributed by atoms with E-state index in [9.17, 15) is 0 Å². The van der Waals surface area contributed by atoms with Gasteiger partial charge in [-0.25, -0.2) is 0 Å². The van der Waals surface area contributed by atoms with Crippen molar-refractivity contribution < 1.29 is 4.74 Å². The third-order valence-corrected chi connectivity index (χ3v) is 3.01. The zero-order valence-electron chi connectivity index (χ0n) is 11.0. The molecule has 0 spiro atoms. The zero-order chi connectivity index (χ0) is 13.7. The second kappa shape index (κ2) is 6.50. The largest absolute Gasteiger partial charge is 0.495 e. The Morgan fingerprint density at radius 2 is 2.11 bits per heavy atom. The highest BCUT2D eigenvalue weighted by molar-refractivity contribution is 6.32. The van der Waals surface area contributed by atoms with Gasteiger partial charge in [0.25, 0.3) is 0 Å². The van der Waals surface area contributed by atoms with Crippen LogP contribution in [0.1, 0.15) is 11.3 Å².